The molecule has 1 amide bonds. The van der Waals surface area contributed by atoms with Crippen LogP contribution in [-0.2, 0) is 11.4 Å². The van der Waals surface area contributed by atoms with Gasteiger partial charge in [-0.1, -0.05) is 35.3 Å². The molecule has 2 heterocycles. The second-order valence-electron chi connectivity index (χ2n) is 6.46. The topological polar surface area (TPSA) is 78.3 Å². The van der Waals surface area contributed by atoms with Gasteiger partial charge in [0.05, 0.1) is 19.1 Å². The van der Waals surface area contributed by atoms with Crippen molar-refractivity contribution in [3.8, 4) is 11.5 Å². The van der Waals surface area contributed by atoms with Crippen molar-refractivity contribution in [3.63, 3.8) is 0 Å². The molecule has 4 rings (SSSR count). The average Bonchev–Trinajstić information content (AvgIpc) is 3.16. The molecule has 1 aliphatic rings. The molecular weight excluding hydrogens is 415 g/mol. The molecule has 0 aliphatic carbocycles. The van der Waals surface area contributed by atoms with Crippen LogP contribution in [0.4, 0.5) is 5.95 Å². The summed E-state index contributed by atoms with van der Waals surface area (Å²) in [7, 11) is 0. The second kappa shape index (κ2) is 8.31. The summed E-state index contributed by atoms with van der Waals surface area (Å²) in [6, 6.07) is 10.6. The highest BCUT2D eigenvalue weighted by atomic mass is 35.5. The van der Waals surface area contributed by atoms with Crippen molar-refractivity contribution in [2.24, 2.45) is 0 Å². The largest absolute Gasteiger partial charge is 0.490 e. The van der Waals surface area contributed by atoms with E-state index in [1.54, 1.807) is 16.8 Å². The van der Waals surface area contributed by atoms with Gasteiger partial charge in [0, 0.05) is 15.6 Å². The molecule has 3 aromatic rings. The summed E-state index contributed by atoms with van der Waals surface area (Å²) in [5, 5.41) is 8.06. The Morgan fingerprint density at radius 2 is 2.03 bits per heavy atom. The van der Waals surface area contributed by atoms with E-state index in [0.717, 1.165) is 11.1 Å². The number of anilines is 1. The van der Waals surface area contributed by atoms with Crippen LogP contribution < -0.4 is 14.8 Å². The van der Waals surface area contributed by atoms with Gasteiger partial charge in [-0.15, -0.1) is 0 Å². The van der Waals surface area contributed by atoms with E-state index in [0.29, 0.717) is 34.1 Å². The number of carbonyl (C=O) groups excluding carboxylic acids is 1. The number of nitrogens with one attached hydrogen (secondary N) is 1. The number of halogens is 2. The van der Waals surface area contributed by atoms with Gasteiger partial charge in [0.1, 0.15) is 12.9 Å². The molecule has 7 nitrogen and oxygen atoms in total. The Kier molecular flexibility index (Phi) is 5.60. The van der Waals surface area contributed by atoms with Gasteiger partial charge in [-0.3, -0.25) is 10.1 Å². The number of hydrogen-bond acceptors (Lipinski definition) is 5. The van der Waals surface area contributed by atoms with Crippen LogP contribution >= 0.6 is 23.2 Å². The van der Waals surface area contributed by atoms with Crippen LogP contribution in [0.2, 0.25) is 10.0 Å². The Labute approximate surface area is 177 Å². The molecule has 1 atom stereocenters. The zero-order valence-electron chi connectivity index (χ0n) is 15.6. The normalized spacial score (nSPS) is 15.6. The molecule has 29 heavy (non-hydrogen) atoms. The molecule has 9 heteroatoms. The highest BCUT2D eigenvalue weighted by molar-refractivity contribution is 6.35. The van der Waals surface area contributed by atoms with E-state index in [-0.39, 0.29) is 25.0 Å². The predicted octanol–water partition coefficient (Wildman–Crippen LogP) is 4.49. The quantitative estimate of drug-likeness (QED) is 0.620. The molecule has 0 saturated carbocycles. The van der Waals surface area contributed by atoms with Gasteiger partial charge in [-0.25, -0.2) is 4.68 Å². The lowest BCUT2D eigenvalue weighted by Crippen LogP contribution is -2.29. The fourth-order valence-corrected chi connectivity index (χ4v) is 3.64. The second-order valence-corrected chi connectivity index (χ2v) is 7.30. The number of rotatable bonds is 6. The molecule has 1 aromatic heterocycles. The van der Waals surface area contributed by atoms with E-state index < -0.39 is 0 Å². The van der Waals surface area contributed by atoms with Crippen molar-refractivity contribution in [1.82, 2.24) is 14.8 Å². The fourth-order valence-electron chi connectivity index (χ4n) is 3.18. The first kappa shape index (κ1) is 19.5. The lowest BCUT2D eigenvalue weighted by Gasteiger charge is -2.24. The first-order chi connectivity index (χ1) is 14.0. The van der Waals surface area contributed by atoms with E-state index in [4.69, 9.17) is 32.7 Å². The smallest absolute Gasteiger partial charge is 0.229 e. The van der Waals surface area contributed by atoms with Gasteiger partial charge < -0.3 is 9.47 Å². The Hall–Kier alpha value is -2.77. The van der Waals surface area contributed by atoms with E-state index in [1.165, 1.54) is 6.33 Å². The van der Waals surface area contributed by atoms with Gasteiger partial charge in [0.15, 0.2) is 11.5 Å². The van der Waals surface area contributed by atoms with Crippen molar-refractivity contribution in [3.05, 3.63) is 63.9 Å². The number of amides is 1. The third-order valence-electron chi connectivity index (χ3n) is 4.55. The van der Waals surface area contributed by atoms with Crippen LogP contribution in [0.3, 0.4) is 0 Å². The van der Waals surface area contributed by atoms with Crippen LogP contribution in [0.25, 0.3) is 0 Å². The fraction of sp³-hybridized carbons (Fsp3) is 0.250. The van der Waals surface area contributed by atoms with Crippen LogP contribution in [-0.4, -0.2) is 27.3 Å². The summed E-state index contributed by atoms with van der Waals surface area (Å²) in [6.07, 6.45) is 1.69. The van der Waals surface area contributed by atoms with E-state index in [9.17, 15) is 4.79 Å². The number of aromatic nitrogens is 3. The Bertz CT molecular complexity index is 1050. The maximum Gasteiger partial charge on any atom is 0.229 e. The summed E-state index contributed by atoms with van der Waals surface area (Å²) in [4.78, 5) is 16.1. The summed E-state index contributed by atoms with van der Waals surface area (Å²) < 4.78 is 13.4. The summed E-state index contributed by atoms with van der Waals surface area (Å²) in [6.45, 7) is 2.64. The summed E-state index contributed by atoms with van der Waals surface area (Å²) in [5.41, 5.74) is 1.70. The van der Waals surface area contributed by atoms with Gasteiger partial charge in [-0.05, 0) is 36.8 Å². The minimum atomic E-state index is -0.264. The minimum Gasteiger partial charge on any atom is -0.490 e. The third-order valence-corrected chi connectivity index (χ3v) is 5.14. The number of ether oxygens (including phenoxy) is 2. The van der Waals surface area contributed by atoms with Gasteiger partial charge >= 0.3 is 0 Å². The average molecular weight is 433 g/mol. The molecule has 0 fully saturated rings. The third kappa shape index (κ3) is 4.16. The lowest BCUT2D eigenvalue weighted by molar-refractivity contribution is -0.117. The van der Waals surface area contributed by atoms with Crippen LogP contribution in [0.5, 0.6) is 11.5 Å². The first-order valence-corrected chi connectivity index (χ1v) is 9.83. The van der Waals surface area contributed by atoms with Crippen LogP contribution in [0.1, 0.15) is 30.5 Å². The summed E-state index contributed by atoms with van der Waals surface area (Å²) >= 11 is 12.2. The lowest BCUT2D eigenvalue weighted by atomic mass is 10.0. The van der Waals surface area contributed by atoms with Gasteiger partial charge in [0.25, 0.3) is 0 Å². The van der Waals surface area contributed by atoms with Crippen LogP contribution in [0.15, 0.2) is 42.7 Å². The van der Waals surface area contributed by atoms with Crippen molar-refractivity contribution >= 4 is 35.1 Å². The minimum absolute atomic E-state index is 0.105. The highest BCUT2D eigenvalue weighted by Gasteiger charge is 2.28. The first-order valence-electron chi connectivity index (χ1n) is 9.08. The number of fused-ring (bicyclic) bond motifs is 1. The van der Waals surface area contributed by atoms with Crippen molar-refractivity contribution < 1.29 is 14.3 Å². The maximum atomic E-state index is 12.0. The maximum absolute atomic E-state index is 12.0. The number of benzene rings is 2. The molecule has 150 valence electrons. The predicted molar refractivity (Wildman–Crippen MR) is 110 cm³/mol. The molecule has 0 bridgehead atoms. The molecule has 2 aromatic carbocycles. The van der Waals surface area contributed by atoms with E-state index in [2.05, 4.69) is 15.4 Å². The van der Waals surface area contributed by atoms with Crippen molar-refractivity contribution in [2.45, 2.75) is 26.0 Å². The Morgan fingerprint density at radius 3 is 2.83 bits per heavy atom. The molecule has 0 spiro atoms. The van der Waals surface area contributed by atoms with E-state index in [1.807, 2.05) is 31.2 Å². The zero-order chi connectivity index (χ0) is 20.4. The van der Waals surface area contributed by atoms with Crippen molar-refractivity contribution in [1.29, 1.82) is 0 Å². The number of hydrogen-bond donors (Lipinski definition) is 1. The Balaban J connectivity index is 1.60. The molecule has 1 aliphatic heterocycles. The van der Waals surface area contributed by atoms with Crippen molar-refractivity contribution in [2.75, 3.05) is 11.9 Å². The monoisotopic (exact) mass is 432 g/mol. The standard InChI is InChI=1S/C20H18Cl2N4O3/c1-2-28-18-7-12(16-9-19(27)25-20-23-11-24-26(16)20)4-6-17(18)29-10-13-3-5-14(21)8-15(13)22/h3-8,11,16H,2,9-10H2,1H3,(H,23,24,25,27)/t16-/m1/s1. The highest BCUT2D eigenvalue weighted by Crippen LogP contribution is 2.36. The van der Waals surface area contributed by atoms with Gasteiger partial charge in [-0.2, -0.15) is 10.1 Å². The molecule has 1 N–H and O–H groups in total. The molecule has 0 saturated heterocycles. The van der Waals surface area contributed by atoms with Gasteiger partial charge in [0.2, 0.25) is 11.9 Å². The van der Waals surface area contributed by atoms with E-state index >= 15 is 0 Å². The molecular formula is C20H18Cl2N4O3. The SMILES string of the molecule is CCOc1cc([C@H]2CC(=O)Nc3ncnn32)ccc1OCc1ccc(Cl)cc1Cl. The molecule has 0 unspecified atom stereocenters. The van der Waals surface area contributed by atoms with Crippen LogP contribution in [0, 0.1) is 0 Å². The summed E-state index contributed by atoms with van der Waals surface area (Å²) in [5.74, 6) is 1.50. The molecule has 0 radical (unpaired) electrons. The number of nitrogens with zero attached hydrogens (tertiary/aromatic N) is 3. The number of carbonyl (C=O) groups is 1. The zero-order valence-corrected chi connectivity index (χ0v) is 17.1. The Morgan fingerprint density at radius 1 is 1.17 bits per heavy atom.